The second-order valence-corrected chi connectivity index (χ2v) is 3.73. The first-order valence-electron chi connectivity index (χ1n) is 5.05. The van der Waals surface area contributed by atoms with Gasteiger partial charge < -0.3 is 10.2 Å². The first-order valence-corrected chi connectivity index (χ1v) is 5.05. The summed E-state index contributed by atoms with van der Waals surface area (Å²) in [7, 11) is 5.99. The smallest absolute Gasteiger partial charge is 0.332 e. The summed E-state index contributed by atoms with van der Waals surface area (Å²) >= 11 is 0. The van der Waals surface area contributed by atoms with Crippen LogP contribution in [0.5, 0.6) is 0 Å². The molecule has 1 rings (SSSR count). The Kier molecular flexibility index (Phi) is 3.40. The number of hydrogen-bond donors (Lipinski definition) is 1. The van der Waals surface area contributed by atoms with Crippen LogP contribution in [0.15, 0.2) is 9.59 Å². The molecular formula is C10H16N4O3. The van der Waals surface area contributed by atoms with Crippen molar-refractivity contribution >= 4 is 17.4 Å². The van der Waals surface area contributed by atoms with Crippen molar-refractivity contribution < 1.29 is 4.79 Å². The molecule has 0 bridgehead atoms. The molecule has 17 heavy (non-hydrogen) atoms. The highest BCUT2D eigenvalue weighted by Gasteiger charge is 2.20. The topological polar surface area (TPSA) is 76.3 Å². The summed E-state index contributed by atoms with van der Waals surface area (Å²) in [6, 6.07) is 0. The lowest BCUT2D eigenvalue weighted by Crippen LogP contribution is -2.42. The van der Waals surface area contributed by atoms with Crippen LogP contribution < -0.4 is 21.5 Å². The molecule has 0 spiro atoms. The molecule has 7 heteroatoms. The maximum atomic E-state index is 12.0. The van der Waals surface area contributed by atoms with E-state index in [1.807, 2.05) is 0 Å². The minimum Gasteiger partial charge on any atom is -0.373 e. The first kappa shape index (κ1) is 13.0. The fourth-order valence-corrected chi connectivity index (χ4v) is 1.57. The van der Waals surface area contributed by atoms with Gasteiger partial charge in [0.05, 0.1) is 0 Å². The molecule has 0 radical (unpaired) electrons. The van der Waals surface area contributed by atoms with Gasteiger partial charge in [-0.15, -0.1) is 0 Å². The van der Waals surface area contributed by atoms with Gasteiger partial charge in [0.2, 0.25) is 5.91 Å². The van der Waals surface area contributed by atoms with Crippen LogP contribution in [0, 0.1) is 0 Å². The highest BCUT2D eigenvalue weighted by Crippen LogP contribution is 2.17. The van der Waals surface area contributed by atoms with E-state index in [0.29, 0.717) is 5.82 Å². The van der Waals surface area contributed by atoms with E-state index in [4.69, 9.17) is 0 Å². The van der Waals surface area contributed by atoms with Gasteiger partial charge in [-0.05, 0) is 0 Å². The second-order valence-electron chi connectivity index (χ2n) is 3.73. The van der Waals surface area contributed by atoms with Gasteiger partial charge in [0.25, 0.3) is 5.56 Å². The molecule has 7 nitrogen and oxygen atoms in total. The Morgan fingerprint density at radius 2 is 1.76 bits per heavy atom. The number of nitrogens with zero attached hydrogens (tertiary/aromatic N) is 3. The lowest BCUT2D eigenvalue weighted by Gasteiger charge is -2.20. The zero-order valence-corrected chi connectivity index (χ0v) is 10.6. The normalized spacial score (nSPS) is 10.2. The van der Waals surface area contributed by atoms with E-state index >= 15 is 0 Å². The number of carbonyl (C=O) groups excluding carboxylic acids is 1. The van der Waals surface area contributed by atoms with Crippen molar-refractivity contribution in [3.05, 3.63) is 20.8 Å². The summed E-state index contributed by atoms with van der Waals surface area (Å²) in [5.41, 5.74) is -0.792. The van der Waals surface area contributed by atoms with E-state index in [1.165, 1.54) is 37.5 Å². The monoisotopic (exact) mass is 240 g/mol. The predicted octanol–water partition coefficient (Wildman–Crippen LogP) is -0.892. The Bertz CT molecular complexity index is 570. The van der Waals surface area contributed by atoms with Crippen LogP contribution in [0.3, 0.4) is 0 Å². The van der Waals surface area contributed by atoms with Crippen LogP contribution in [0.1, 0.15) is 6.92 Å². The molecule has 1 amide bonds. The summed E-state index contributed by atoms with van der Waals surface area (Å²) in [4.78, 5) is 36.2. The molecule has 0 atom stereocenters. The van der Waals surface area contributed by atoms with Crippen LogP contribution in [0.2, 0.25) is 0 Å². The van der Waals surface area contributed by atoms with Crippen LogP contribution in [-0.4, -0.2) is 29.1 Å². The molecule has 1 aromatic heterocycles. The first-order chi connectivity index (χ1) is 7.82. The van der Waals surface area contributed by atoms with Gasteiger partial charge in [0.1, 0.15) is 5.82 Å². The van der Waals surface area contributed by atoms with E-state index in [9.17, 15) is 14.4 Å². The summed E-state index contributed by atoms with van der Waals surface area (Å²) < 4.78 is 2.26. The van der Waals surface area contributed by atoms with Crippen molar-refractivity contribution in [2.24, 2.45) is 14.1 Å². The van der Waals surface area contributed by atoms with Crippen molar-refractivity contribution in [1.82, 2.24) is 9.13 Å². The van der Waals surface area contributed by atoms with Gasteiger partial charge in [-0.3, -0.25) is 18.7 Å². The zero-order valence-electron chi connectivity index (χ0n) is 10.6. The van der Waals surface area contributed by atoms with E-state index in [0.717, 1.165) is 4.57 Å². The number of nitrogens with one attached hydrogen (secondary N) is 1. The molecule has 1 N–H and O–H groups in total. The van der Waals surface area contributed by atoms with Crippen molar-refractivity contribution in [3.8, 4) is 0 Å². The number of amides is 1. The lowest BCUT2D eigenvalue weighted by atomic mass is 10.4. The van der Waals surface area contributed by atoms with Crippen LogP contribution in [0.4, 0.5) is 11.5 Å². The van der Waals surface area contributed by atoms with E-state index in [-0.39, 0.29) is 11.6 Å². The molecule has 0 aliphatic heterocycles. The van der Waals surface area contributed by atoms with Crippen LogP contribution >= 0.6 is 0 Å². The number of rotatable bonds is 2. The molecule has 0 saturated heterocycles. The minimum atomic E-state index is -0.504. The maximum Gasteiger partial charge on any atom is 0.332 e. The van der Waals surface area contributed by atoms with Crippen molar-refractivity contribution in [2.75, 3.05) is 24.3 Å². The third-order valence-corrected chi connectivity index (χ3v) is 2.69. The number of carbonyl (C=O) groups is 1. The fraction of sp³-hybridized carbons (Fsp3) is 0.500. The van der Waals surface area contributed by atoms with E-state index < -0.39 is 11.2 Å². The van der Waals surface area contributed by atoms with E-state index in [1.54, 1.807) is 7.05 Å². The Hall–Kier alpha value is -2.05. The van der Waals surface area contributed by atoms with Crippen LogP contribution in [-0.2, 0) is 18.9 Å². The highest BCUT2D eigenvalue weighted by atomic mass is 16.2. The van der Waals surface area contributed by atoms with Crippen LogP contribution in [0.25, 0.3) is 0 Å². The van der Waals surface area contributed by atoms with Gasteiger partial charge in [0, 0.05) is 35.1 Å². The van der Waals surface area contributed by atoms with Crippen molar-refractivity contribution in [2.45, 2.75) is 6.92 Å². The lowest BCUT2D eigenvalue weighted by molar-refractivity contribution is -0.116. The molecule has 0 aliphatic carbocycles. The molecule has 1 heterocycles. The molecular weight excluding hydrogens is 224 g/mol. The highest BCUT2D eigenvalue weighted by molar-refractivity contribution is 5.93. The summed E-state index contributed by atoms with van der Waals surface area (Å²) in [5.74, 6) is 0.0352. The molecule has 0 fully saturated rings. The van der Waals surface area contributed by atoms with Gasteiger partial charge in [-0.1, -0.05) is 0 Å². The predicted molar refractivity (Wildman–Crippen MR) is 65.6 cm³/mol. The summed E-state index contributed by atoms with van der Waals surface area (Å²) in [6.45, 7) is 1.35. The van der Waals surface area contributed by atoms with Crippen molar-refractivity contribution in [3.63, 3.8) is 0 Å². The van der Waals surface area contributed by atoms with Gasteiger partial charge >= 0.3 is 5.69 Å². The fourth-order valence-electron chi connectivity index (χ4n) is 1.57. The van der Waals surface area contributed by atoms with Gasteiger partial charge in [0.15, 0.2) is 5.69 Å². The maximum absolute atomic E-state index is 12.0. The quantitative estimate of drug-likeness (QED) is 0.727. The second kappa shape index (κ2) is 4.44. The number of aromatic nitrogens is 2. The SMILES string of the molecule is CNc1c(N(C)C(C)=O)c(=O)n(C)c(=O)n1C. The average molecular weight is 240 g/mol. The Labute approximate surface area is 98.3 Å². The summed E-state index contributed by atoms with van der Waals surface area (Å²) in [5, 5.41) is 2.76. The zero-order chi connectivity index (χ0) is 13.3. The Morgan fingerprint density at radius 1 is 1.24 bits per heavy atom. The third-order valence-electron chi connectivity index (χ3n) is 2.69. The molecule has 94 valence electrons. The standard InChI is InChI=1S/C10H16N4O3/c1-6(15)12(3)7-8(11-2)13(4)10(17)14(5)9(7)16/h11H,1-5H3. The van der Waals surface area contributed by atoms with Gasteiger partial charge in [-0.25, -0.2) is 4.79 Å². The molecule has 1 aromatic rings. The van der Waals surface area contributed by atoms with Crippen molar-refractivity contribution in [1.29, 1.82) is 0 Å². The number of hydrogen-bond acceptors (Lipinski definition) is 4. The molecule has 0 unspecified atom stereocenters. The Balaban J connectivity index is 3.76. The molecule has 0 saturated carbocycles. The third kappa shape index (κ3) is 1.95. The van der Waals surface area contributed by atoms with Gasteiger partial charge in [-0.2, -0.15) is 0 Å². The largest absolute Gasteiger partial charge is 0.373 e. The molecule has 0 aromatic carbocycles. The average Bonchev–Trinajstić information content (AvgIpc) is 2.29. The molecule has 0 aliphatic rings. The number of anilines is 2. The summed E-state index contributed by atoms with van der Waals surface area (Å²) in [6.07, 6.45) is 0. The van der Waals surface area contributed by atoms with E-state index in [2.05, 4.69) is 5.32 Å². The minimum absolute atomic E-state index is 0.157. The Morgan fingerprint density at radius 3 is 2.18 bits per heavy atom.